The third kappa shape index (κ3) is 3.95. The van der Waals surface area contributed by atoms with Crippen molar-refractivity contribution in [2.75, 3.05) is 0 Å². The standard InChI is InChI=1S/C18H19NO3/c19-16(20)12-11-15(18(21)22)17(13-7-3-1-4-8-13)14-9-5-2-6-10-14/h1-10,15,17H,11-12H2,(H2,19,20)(H,21,22). The fraction of sp³-hybridized carbons (Fsp3) is 0.222. The summed E-state index contributed by atoms with van der Waals surface area (Å²) in [6.07, 6.45) is 0.284. The van der Waals surface area contributed by atoms with E-state index in [1.165, 1.54) is 0 Å². The van der Waals surface area contributed by atoms with Crippen molar-refractivity contribution in [1.29, 1.82) is 0 Å². The molecule has 22 heavy (non-hydrogen) atoms. The average molecular weight is 297 g/mol. The summed E-state index contributed by atoms with van der Waals surface area (Å²) in [5.41, 5.74) is 7.03. The molecule has 4 nitrogen and oxygen atoms in total. The van der Waals surface area contributed by atoms with Gasteiger partial charge in [0.2, 0.25) is 5.91 Å². The number of hydrogen-bond donors (Lipinski definition) is 2. The topological polar surface area (TPSA) is 80.4 Å². The Hall–Kier alpha value is -2.62. The fourth-order valence-corrected chi connectivity index (χ4v) is 2.71. The minimum absolute atomic E-state index is 0.0626. The molecule has 0 heterocycles. The molecule has 3 N–H and O–H groups in total. The summed E-state index contributed by atoms with van der Waals surface area (Å²) in [5.74, 6) is -2.40. The molecule has 0 bridgehead atoms. The molecule has 0 saturated carbocycles. The predicted octanol–water partition coefficient (Wildman–Crippen LogP) is 2.78. The Balaban J connectivity index is 2.42. The maximum atomic E-state index is 11.7. The van der Waals surface area contributed by atoms with Crippen molar-refractivity contribution in [3.63, 3.8) is 0 Å². The Labute approximate surface area is 129 Å². The van der Waals surface area contributed by atoms with Gasteiger partial charge in [0.1, 0.15) is 0 Å². The summed E-state index contributed by atoms with van der Waals surface area (Å²) in [5, 5.41) is 9.63. The van der Waals surface area contributed by atoms with E-state index in [0.29, 0.717) is 0 Å². The van der Waals surface area contributed by atoms with Crippen LogP contribution in [0.5, 0.6) is 0 Å². The third-order valence-corrected chi connectivity index (χ3v) is 3.74. The second-order valence-corrected chi connectivity index (χ2v) is 5.25. The Morgan fingerprint density at radius 3 is 1.73 bits per heavy atom. The van der Waals surface area contributed by atoms with Gasteiger partial charge >= 0.3 is 5.97 Å². The van der Waals surface area contributed by atoms with Crippen molar-refractivity contribution in [1.82, 2.24) is 0 Å². The van der Waals surface area contributed by atoms with Crippen LogP contribution in [0.1, 0.15) is 29.9 Å². The van der Waals surface area contributed by atoms with Crippen molar-refractivity contribution < 1.29 is 14.7 Å². The Morgan fingerprint density at radius 1 is 0.909 bits per heavy atom. The largest absolute Gasteiger partial charge is 0.481 e. The first-order chi connectivity index (χ1) is 10.6. The maximum absolute atomic E-state index is 11.7. The molecule has 0 aliphatic heterocycles. The number of nitrogens with two attached hydrogens (primary N) is 1. The predicted molar refractivity (Wildman–Crippen MR) is 84.3 cm³/mol. The Bertz CT molecular complexity index is 586. The van der Waals surface area contributed by atoms with Crippen molar-refractivity contribution in [3.05, 3.63) is 71.8 Å². The molecule has 114 valence electrons. The summed E-state index contributed by atoms with van der Waals surface area (Å²) in [6, 6.07) is 19.0. The Morgan fingerprint density at radius 2 is 1.36 bits per heavy atom. The molecule has 0 aliphatic rings. The lowest BCUT2D eigenvalue weighted by Gasteiger charge is -2.25. The molecule has 1 atom stereocenters. The van der Waals surface area contributed by atoms with Gasteiger partial charge in [0.05, 0.1) is 5.92 Å². The van der Waals surface area contributed by atoms with Crippen LogP contribution in [0.3, 0.4) is 0 Å². The zero-order valence-electron chi connectivity index (χ0n) is 12.2. The first-order valence-corrected chi connectivity index (χ1v) is 7.20. The lowest BCUT2D eigenvalue weighted by Crippen LogP contribution is -2.25. The fourth-order valence-electron chi connectivity index (χ4n) is 2.71. The molecular weight excluding hydrogens is 278 g/mol. The van der Waals surface area contributed by atoms with E-state index in [9.17, 15) is 14.7 Å². The van der Waals surface area contributed by atoms with E-state index in [-0.39, 0.29) is 18.8 Å². The van der Waals surface area contributed by atoms with Crippen LogP contribution < -0.4 is 5.73 Å². The van der Waals surface area contributed by atoms with Gasteiger partial charge in [0, 0.05) is 12.3 Å². The van der Waals surface area contributed by atoms with Crippen LogP contribution in [0.4, 0.5) is 0 Å². The molecule has 2 rings (SSSR count). The van der Waals surface area contributed by atoms with E-state index in [4.69, 9.17) is 5.73 Å². The SMILES string of the molecule is NC(=O)CCC(C(=O)O)C(c1ccccc1)c1ccccc1. The summed E-state index contributed by atoms with van der Waals surface area (Å²) in [7, 11) is 0. The van der Waals surface area contributed by atoms with Gasteiger partial charge in [-0.05, 0) is 17.5 Å². The number of carboxylic acid groups (broad SMARTS) is 1. The van der Waals surface area contributed by atoms with E-state index in [2.05, 4.69) is 0 Å². The minimum atomic E-state index is -0.918. The van der Waals surface area contributed by atoms with Gasteiger partial charge in [0.25, 0.3) is 0 Å². The molecule has 0 spiro atoms. The molecule has 2 aromatic rings. The molecule has 1 unspecified atom stereocenters. The summed E-state index contributed by atoms with van der Waals surface area (Å²) >= 11 is 0. The van der Waals surface area contributed by atoms with Gasteiger partial charge in [-0.25, -0.2) is 0 Å². The summed E-state index contributed by atoms with van der Waals surface area (Å²) in [6.45, 7) is 0. The van der Waals surface area contributed by atoms with Crippen LogP contribution >= 0.6 is 0 Å². The second-order valence-electron chi connectivity index (χ2n) is 5.25. The molecule has 2 aromatic carbocycles. The molecule has 1 amide bonds. The molecule has 0 aliphatic carbocycles. The number of carboxylic acids is 1. The highest BCUT2D eigenvalue weighted by molar-refractivity contribution is 5.76. The number of rotatable bonds is 7. The van der Waals surface area contributed by atoms with Crippen LogP contribution in [0.2, 0.25) is 0 Å². The van der Waals surface area contributed by atoms with Crippen molar-refractivity contribution in [2.45, 2.75) is 18.8 Å². The molecule has 0 aromatic heterocycles. The number of primary amides is 1. The average Bonchev–Trinajstić information content (AvgIpc) is 2.52. The molecule has 0 radical (unpaired) electrons. The van der Waals surface area contributed by atoms with Crippen molar-refractivity contribution in [2.24, 2.45) is 11.7 Å². The molecular formula is C18H19NO3. The second kappa shape index (κ2) is 7.41. The monoisotopic (exact) mass is 297 g/mol. The number of aliphatic carboxylic acids is 1. The van der Waals surface area contributed by atoms with E-state index in [1.54, 1.807) is 0 Å². The number of benzene rings is 2. The molecule has 0 saturated heterocycles. The van der Waals surface area contributed by atoms with Crippen molar-refractivity contribution >= 4 is 11.9 Å². The number of carbonyl (C=O) groups excluding carboxylic acids is 1. The van der Waals surface area contributed by atoms with Gasteiger partial charge in [-0.3, -0.25) is 9.59 Å². The highest BCUT2D eigenvalue weighted by Crippen LogP contribution is 2.34. The smallest absolute Gasteiger partial charge is 0.307 e. The number of carbonyl (C=O) groups is 2. The summed E-state index contributed by atoms with van der Waals surface area (Å²) in [4.78, 5) is 22.8. The minimum Gasteiger partial charge on any atom is -0.481 e. The van der Waals surface area contributed by atoms with Gasteiger partial charge in [-0.15, -0.1) is 0 Å². The quantitative estimate of drug-likeness (QED) is 0.824. The van der Waals surface area contributed by atoms with Crippen LogP contribution in [-0.4, -0.2) is 17.0 Å². The van der Waals surface area contributed by atoms with E-state index >= 15 is 0 Å². The van der Waals surface area contributed by atoms with Crippen molar-refractivity contribution in [3.8, 4) is 0 Å². The van der Waals surface area contributed by atoms with E-state index < -0.39 is 17.8 Å². The van der Waals surface area contributed by atoms with E-state index in [1.807, 2.05) is 60.7 Å². The lowest BCUT2D eigenvalue weighted by molar-refractivity contribution is -0.142. The zero-order chi connectivity index (χ0) is 15.9. The van der Waals surface area contributed by atoms with Crippen LogP contribution in [0.15, 0.2) is 60.7 Å². The van der Waals surface area contributed by atoms with E-state index in [0.717, 1.165) is 11.1 Å². The van der Waals surface area contributed by atoms with Crippen LogP contribution in [-0.2, 0) is 9.59 Å². The van der Waals surface area contributed by atoms with Gasteiger partial charge in [-0.1, -0.05) is 60.7 Å². The third-order valence-electron chi connectivity index (χ3n) is 3.74. The van der Waals surface area contributed by atoms with Gasteiger partial charge < -0.3 is 10.8 Å². The van der Waals surface area contributed by atoms with Crippen LogP contribution in [0.25, 0.3) is 0 Å². The lowest BCUT2D eigenvalue weighted by atomic mass is 9.78. The molecule has 4 heteroatoms. The maximum Gasteiger partial charge on any atom is 0.307 e. The summed E-state index contributed by atoms with van der Waals surface area (Å²) < 4.78 is 0. The van der Waals surface area contributed by atoms with Gasteiger partial charge in [0.15, 0.2) is 0 Å². The number of amides is 1. The number of hydrogen-bond acceptors (Lipinski definition) is 2. The van der Waals surface area contributed by atoms with Crippen LogP contribution in [0, 0.1) is 5.92 Å². The zero-order valence-corrected chi connectivity index (χ0v) is 12.2. The molecule has 0 fully saturated rings. The normalized spacial score (nSPS) is 12.0. The first kappa shape index (κ1) is 15.8. The Kier molecular flexibility index (Phi) is 5.31. The first-order valence-electron chi connectivity index (χ1n) is 7.20. The highest BCUT2D eigenvalue weighted by Gasteiger charge is 2.30. The van der Waals surface area contributed by atoms with Gasteiger partial charge in [-0.2, -0.15) is 0 Å². The highest BCUT2D eigenvalue weighted by atomic mass is 16.4.